The maximum Gasteiger partial charge on any atom is 0.196 e. The predicted molar refractivity (Wildman–Crippen MR) is 46.9 cm³/mol. The summed E-state index contributed by atoms with van der Waals surface area (Å²) in [7, 11) is 0. The summed E-state index contributed by atoms with van der Waals surface area (Å²) in [5, 5.41) is 7.45. The van der Waals surface area contributed by atoms with Gasteiger partial charge >= 0.3 is 0 Å². The fourth-order valence-corrected chi connectivity index (χ4v) is 0.655. The van der Waals surface area contributed by atoms with Crippen LogP contribution in [0.2, 0.25) is 0 Å². The molecule has 10 heavy (non-hydrogen) atoms. The minimum absolute atomic E-state index is 0.171. The molecule has 0 fully saturated rings. The predicted octanol–water partition coefficient (Wildman–Crippen LogP) is 2.14. The molecule has 0 atom stereocenters. The fraction of sp³-hybridized carbons (Fsp3) is 0.857. The van der Waals surface area contributed by atoms with Crippen molar-refractivity contribution in [2.24, 2.45) is 0 Å². The van der Waals surface area contributed by atoms with E-state index in [4.69, 9.17) is 10.1 Å². The van der Waals surface area contributed by atoms with Crippen molar-refractivity contribution in [1.29, 1.82) is 5.41 Å². The molecule has 0 aromatic carbocycles. The third-order valence-corrected chi connectivity index (χ3v) is 2.55. The molecule has 0 aliphatic heterocycles. The van der Waals surface area contributed by atoms with Crippen molar-refractivity contribution < 1.29 is 4.74 Å². The van der Waals surface area contributed by atoms with Crippen molar-refractivity contribution in [1.82, 2.24) is 0 Å². The summed E-state index contributed by atoms with van der Waals surface area (Å²) < 4.78 is 4.89. The molecule has 0 radical (unpaired) electrons. The SMILES string of the molecule is CCOC(=N)C(C)(C)SC. The number of hydrogen-bond donors (Lipinski definition) is 1. The van der Waals surface area contributed by atoms with Crippen LogP contribution in [0, 0.1) is 5.41 Å². The number of nitrogens with one attached hydrogen (secondary N) is 1. The third-order valence-electron chi connectivity index (χ3n) is 1.35. The van der Waals surface area contributed by atoms with Crippen molar-refractivity contribution in [3.8, 4) is 0 Å². The van der Waals surface area contributed by atoms with Crippen LogP contribution in [0.25, 0.3) is 0 Å². The van der Waals surface area contributed by atoms with E-state index in [2.05, 4.69) is 0 Å². The topological polar surface area (TPSA) is 33.1 Å². The Balaban J connectivity index is 3.91. The fourth-order valence-electron chi connectivity index (χ4n) is 0.411. The largest absolute Gasteiger partial charge is 0.480 e. The van der Waals surface area contributed by atoms with Gasteiger partial charge in [-0.05, 0) is 27.0 Å². The van der Waals surface area contributed by atoms with Gasteiger partial charge in [-0.3, -0.25) is 5.41 Å². The van der Waals surface area contributed by atoms with Crippen molar-refractivity contribution in [2.45, 2.75) is 25.5 Å². The van der Waals surface area contributed by atoms with Gasteiger partial charge in [0.25, 0.3) is 0 Å². The minimum atomic E-state index is -0.171. The number of ether oxygens (including phenoxy) is 1. The first-order valence-electron chi connectivity index (χ1n) is 3.31. The lowest BCUT2D eigenvalue weighted by molar-refractivity contribution is 0.307. The molecule has 3 heteroatoms. The Labute approximate surface area is 66.9 Å². The van der Waals surface area contributed by atoms with E-state index in [0.717, 1.165) is 0 Å². The van der Waals surface area contributed by atoms with Crippen LogP contribution in [-0.2, 0) is 4.74 Å². The Morgan fingerprint density at radius 2 is 2.10 bits per heavy atom. The van der Waals surface area contributed by atoms with Gasteiger partial charge in [-0.15, -0.1) is 11.8 Å². The Kier molecular flexibility index (Phi) is 3.79. The first-order valence-corrected chi connectivity index (χ1v) is 4.54. The average Bonchev–Trinajstić information content (AvgIpc) is 1.89. The smallest absolute Gasteiger partial charge is 0.196 e. The van der Waals surface area contributed by atoms with Gasteiger partial charge in [0.05, 0.1) is 11.4 Å². The average molecular weight is 161 g/mol. The van der Waals surface area contributed by atoms with Gasteiger partial charge in [0.1, 0.15) is 0 Å². The van der Waals surface area contributed by atoms with Crippen LogP contribution in [0.1, 0.15) is 20.8 Å². The lowest BCUT2D eigenvalue weighted by atomic mass is 10.2. The first kappa shape index (κ1) is 9.82. The lowest BCUT2D eigenvalue weighted by Crippen LogP contribution is -2.28. The molecule has 60 valence electrons. The molecule has 0 saturated heterocycles. The molecule has 0 unspecified atom stereocenters. The van der Waals surface area contributed by atoms with Gasteiger partial charge in [0, 0.05) is 0 Å². The van der Waals surface area contributed by atoms with Gasteiger partial charge in [0.15, 0.2) is 5.90 Å². The highest BCUT2D eigenvalue weighted by atomic mass is 32.2. The normalized spacial score (nSPS) is 11.2. The zero-order valence-corrected chi connectivity index (χ0v) is 7.84. The van der Waals surface area contributed by atoms with Gasteiger partial charge in [-0.25, -0.2) is 0 Å². The van der Waals surface area contributed by atoms with Gasteiger partial charge in [-0.2, -0.15) is 0 Å². The van der Waals surface area contributed by atoms with Crippen LogP contribution < -0.4 is 0 Å². The number of thioether (sulfide) groups is 1. The second-order valence-corrected chi connectivity index (χ2v) is 3.91. The van der Waals surface area contributed by atoms with Crippen LogP contribution >= 0.6 is 11.8 Å². The van der Waals surface area contributed by atoms with Crippen LogP contribution in [0.4, 0.5) is 0 Å². The Morgan fingerprint density at radius 1 is 1.60 bits per heavy atom. The van der Waals surface area contributed by atoms with Gasteiger partial charge in [-0.1, -0.05) is 0 Å². The van der Waals surface area contributed by atoms with E-state index in [-0.39, 0.29) is 4.75 Å². The van der Waals surface area contributed by atoms with Crippen LogP contribution in [0.3, 0.4) is 0 Å². The van der Waals surface area contributed by atoms with Crippen LogP contribution in [0.15, 0.2) is 0 Å². The van der Waals surface area contributed by atoms with E-state index in [1.54, 1.807) is 11.8 Å². The van der Waals surface area contributed by atoms with E-state index in [9.17, 15) is 0 Å². The summed E-state index contributed by atoms with van der Waals surface area (Å²) in [5.41, 5.74) is 0. The maximum absolute atomic E-state index is 7.45. The molecule has 0 amide bonds. The molecular formula is C7H15NOS. The first-order chi connectivity index (χ1) is 4.54. The second kappa shape index (κ2) is 3.86. The summed E-state index contributed by atoms with van der Waals surface area (Å²) in [4.78, 5) is 0. The molecule has 0 rings (SSSR count). The molecule has 0 spiro atoms. The number of rotatable bonds is 3. The molecule has 0 aromatic heterocycles. The quantitative estimate of drug-likeness (QED) is 0.508. The molecule has 1 N–H and O–H groups in total. The molecule has 0 bridgehead atoms. The molecule has 0 saturated carbocycles. The molecule has 0 heterocycles. The van der Waals surface area contributed by atoms with Crippen molar-refractivity contribution in [2.75, 3.05) is 12.9 Å². The molecule has 0 aliphatic rings. The van der Waals surface area contributed by atoms with Gasteiger partial charge in [0.2, 0.25) is 0 Å². The van der Waals surface area contributed by atoms with Crippen molar-refractivity contribution in [3.63, 3.8) is 0 Å². The zero-order chi connectivity index (χ0) is 8.20. The highest BCUT2D eigenvalue weighted by Gasteiger charge is 2.23. The zero-order valence-electron chi connectivity index (χ0n) is 7.02. The Hall–Kier alpha value is -0.180. The standard InChI is InChI=1S/C7H15NOS/c1-5-9-6(8)7(2,3)10-4/h8H,5H2,1-4H3. The highest BCUT2D eigenvalue weighted by molar-refractivity contribution is 8.00. The minimum Gasteiger partial charge on any atom is -0.480 e. The monoisotopic (exact) mass is 161 g/mol. The van der Waals surface area contributed by atoms with Crippen molar-refractivity contribution >= 4 is 17.7 Å². The van der Waals surface area contributed by atoms with Crippen molar-refractivity contribution in [3.05, 3.63) is 0 Å². The summed E-state index contributed by atoms with van der Waals surface area (Å²) in [5.74, 6) is 0.363. The number of hydrogen-bond acceptors (Lipinski definition) is 3. The van der Waals surface area contributed by atoms with E-state index >= 15 is 0 Å². The van der Waals surface area contributed by atoms with Crippen LogP contribution in [-0.4, -0.2) is 23.5 Å². The molecule has 2 nitrogen and oxygen atoms in total. The summed E-state index contributed by atoms with van der Waals surface area (Å²) in [6.45, 7) is 6.44. The lowest BCUT2D eigenvalue weighted by Gasteiger charge is -2.21. The van der Waals surface area contributed by atoms with Gasteiger partial charge < -0.3 is 4.74 Å². The summed E-state index contributed by atoms with van der Waals surface area (Å²) in [6, 6.07) is 0. The van der Waals surface area contributed by atoms with E-state index in [1.807, 2.05) is 27.0 Å². The molecular weight excluding hydrogens is 146 g/mol. The van der Waals surface area contributed by atoms with Crippen LogP contribution in [0.5, 0.6) is 0 Å². The van der Waals surface area contributed by atoms with E-state index < -0.39 is 0 Å². The summed E-state index contributed by atoms with van der Waals surface area (Å²) in [6.07, 6.45) is 1.98. The third kappa shape index (κ3) is 2.60. The summed E-state index contributed by atoms with van der Waals surface area (Å²) >= 11 is 1.63. The Bertz CT molecular complexity index is 123. The van der Waals surface area contributed by atoms with E-state index in [1.165, 1.54) is 0 Å². The second-order valence-electron chi connectivity index (χ2n) is 2.48. The molecule has 0 aliphatic carbocycles. The Morgan fingerprint density at radius 3 is 2.40 bits per heavy atom. The highest BCUT2D eigenvalue weighted by Crippen LogP contribution is 2.22. The molecule has 0 aromatic rings. The van der Waals surface area contributed by atoms with E-state index in [0.29, 0.717) is 12.5 Å². The maximum atomic E-state index is 7.45.